The molecule has 0 atom stereocenters. The third-order valence-electron chi connectivity index (χ3n) is 1.81. The summed E-state index contributed by atoms with van der Waals surface area (Å²) in [5.74, 6) is 0. The van der Waals surface area contributed by atoms with Gasteiger partial charge in [-0.1, -0.05) is 12.1 Å². The van der Waals surface area contributed by atoms with Crippen LogP contribution in [-0.2, 0) is 0 Å². The number of carbonyl (C=O) groups excluding carboxylic acids is 1. The lowest BCUT2D eigenvalue weighted by atomic mass is 10.3. The average Bonchev–Trinajstić information content (AvgIpc) is 2.61. The van der Waals surface area contributed by atoms with Crippen molar-refractivity contribution < 1.29 is 19.5 Å². The average molecular weight is 221 g/mol. The Morgan fingerprint density at radius 2 is 2.12 bits per heavy atom. The molecule has 0 fully saturated rings. The first-order valence-corrected chi connectivity index (χ1v) is 4.31. The van der Waals surface area contributed by atoms with E-state index in [2.05, 4.69) is 4.98 Å². The molecule has 2 aromatic rings. The molecule has 16 heavy (non-hydrogen) atoms. The van der Waals surface area contributed by atoms with E-state index in [0.717, 1.165) is 4.73 Å². The van der Waals surface area contributed by atoms with Crippen LogP contribution in [-0.4, -0.2) is 27.0 Å². The number of hydrogen-bond donors (Lipinski definition) is 2. The summed E-state index contributed by atoms with van der Waals surface area (Å²) in [6.45, 7) is 0. The van der Waals surface area contributed by atoms with Crippen LogP contribution in [0.3, 0.4) is 0 Å². The van der Waals surface area contributed by atoms with Crippen LogP contribution in [0.2, 0.25) is 0 Å². The van der Waals surface area contributed by atoms with Crippen LogP contribution in [0.5, 0.6) is 0 Å². The summed E-state index contributed by atoms with van der Waals surface area (Å²) in [5, 5.41) is 9.84. The van der Waals surface area contributed by atoms with Crippen molar-refractivity contribution in [3.05, 3.63) is 30.6 Å². The van der Waals surface area contributed by atoms with Gasteiger partial charge < -0.3 is 9.94 Å². The smallest absolute Gasteiger partial charge is 0.441 e. The summed E-state index contributed by atoms with van der Waals surface area (Å²) in [5.41, 5.74) is 1.22. The predicted octanol–water partition coefficient (Wildman–Crippen LogP) is 0.852. The summed E-state index contributed by atoms with van der Waals surface area (Å²) in [4.78, 5) is 29.8. The maximum atomic E-state index is 11.0. The highest BCUT2D eigenvalue weighted by molar-refractivity contribution is 5.86. The van der Waals surface area contributed by atoms with Gasteiger partial charge in [0.2, 0.25) is 0 Å². The van der Waals surface area contributed by atoms with Gasteiger partial charge in [0.1, 0.15) is 11.8 Å². The first-order valence-electron chi connectivity index (χ1n) is 4.31. The van der Waals surface area contributed by atoms with Gasteiger partial charge in [0.25, 0.3) is 0 Å². The van der Waals surface area contributed by atoms with Crippen molar-refractivity contribution in [2.24, 2.45) is 0 Å². The molecule has 1 aromatic heterocycles. The third kappa shape index (κ3) is 1.92. The number of imide groups is 1. The molecule has 7 heteroatoms. The van der Waals surface area contributed by atoms with Crippen LogP contribution in [0.4, 0.5) is 9.59 Å². The van der Waals surface area contributed by atoms with E-state index in [1.807, 2.05) is 0 Å². The zero-order valence-electron chi connectivity index (χ0n) is 7.95. The Balaban J connectivity index is 2.21. The lowest BCUT2D eigenvalue weighted by molar-refractivity contribution is 0.133. The highest BCUT2D eigenvalue weighted by Gasteiger charge is 2.10. The number of amides is 2. The maximum absolute atomic E-state index is 11.0. The van der Waals surface area contributed by atoms with Gasteiger partial charge in [0, 0.05) is 0 Å². The minimum Gasteiger partial charge on any atom is -0.465 e. The number of aromatic nitrogens is 2. The second-order valence-electron chi connectivity index (χ2n) is 2.87. The molecule has 1 heterocycles. The van der Waals surface area contributed by atoms with Crippen LogP contribution < -0.4 is 10.2 Å². The molecular formula is C9H7N3O4. The van der Waals surface area contributed by atoms with E-state index in [0.29, 0.717) is 11.0 Å². The van der Waals surface area contributed by atoms with Crippen molar-refractivity contribution >= 4 is 23.2 Å². The van der Waals surface area contributed by atoms with Crippen molar-refractivity contribution in [1.29, 1.82) is 0 Å². The fourth-order valence-electron chi connectivity index (χ4n) is 1.21. The van der Waals surface area contributed by atoms with Crippen molar-refractivity contribution in [3.63, 3.8) is 0 Å². The third-order valence-corrected chi connectivity index (χ3v) is 1.81. The SMILES string of the molecule is O=C(O)NC(=O)On1cnc2ccccc21. The number of fused-ring (bicyclic) bond motifs is 1. The number of nitrogens with one attached hydrogen (secondary N) is 1. The Morgan fingerprint density at radius 3 is 2.88 bits per heavy atom. The fraction of sp³-hybridized carbons (Fsp3) is 0. The van der Waals surface area contributed by atoms with E-state index >= 15 is 0 Å². The highest BCUT2D eigenvalue weighted by atomic mass is 16.7. The number of carbonyl (C=O) groups is 2. The maximum Gasteiger partial charge on any atom is 0.441 e. The largest absolute Gasteiger partial charge is 0.465 e. The Hall–Kier alpha value is -2.57. The fourth-order valence-corrected chi connectivity index (χ4v) is 1.21. The topological polar surface area (TPSA) is 93.5 Å². The van der Waals surface area contributed by atoms with Gasteiger partial charge in [-0.15, -0.1) is 0 Å². The number of nitrogens with zero attached hydrogens (tertiary/aromatic N) is 2. The van der Waals surface area contributed by atoms with Gasteiger partial charge in [-0.3, -0.25) is 0 Å². The molecule has 0 bridgehead atoms. The van der Waals surface area contributed by atoms with Gasteiger partial charge >= 0.3 is 12.2 Å². The molecule has 0 aliphatic heterocycles. The molecule has 0 aliphatic carbocycles. The number of benzene rings is 1. The van der Waals surface area contributed by atoms with Gasteiger partial charge in [0.05, 0.1) is 5.52 Å². The standard InChI is InChI=1S/C9H7N3O4/c13-8(14)11-9(15)16-12-5-10-6-3-1-2-4-7(6)12/h1-5H,(H,11,15)(H,13,14). The molecule has 0 unspecified atom stereocenters. The Bertz CT molecular complexity index is 548. The van der Waals surface area contributed by atoms with E-state index in [-0.39, 0.29) is 0 Å². The zero-order chi connectivity index (χ0) is 11.5. The van der Waals surface area contributed by atoms with Crippen LogP contribution in [0.15, 0.2) is 30.6 Å². The van der Waals surface area contributed by atoms with Gasteiger partial charge in [-0.05, 0) is 12.1 Å². The van der Waals surface area contributed by atoms with E-state index < -0.39 is 12.2 Å². The lowest BCUT2D eigenvalue weighted by Crippen LogP contribution is -2.35. The van der Waals surface area contributed by atoms with E-state index in [9.17, 15) is 9.59 Å². The molecule has 0 saturated heterocycles. The molecule has 0 radical (unpaired) electrons. The summed E-state index contributed by atoms with van der Waals surface area (Å²) in [7, 11) is 0. The van der Waals surface area contributed by atoms with Crippen molar-refractivity contribution in [3.8, 4) is 0 Å². The van der Waals surface area contributed by atoms with Gasteiger partial charge in [0.15, 0.2) is 0 Å². The Kier molecular flexibility index (Phi) is 2.42. The Morgan fingerprint density at radius 1 is 1.38 bits per heavy atom. The minimum absolute atomic E-state index is 0.572. The van der Waals surface area contributed by atoms with Crippen molar-refractivity contribution in [1.82, 2.24) is 15.0 Å². The monoisotopic (exact) mass is 221 g/mol. The van der Waals surface area contributed by atoms with Crippen LogP contribution in [0.1, 0.15) is 0 Å². The number of hydrogen-bond acceptors (Lipinski definition) is 4. The molecule has 0 saturated carbocycles. The van der Waals surface area contributed by atoms with Gasteiger partial charge in [-0.2, -0.15) is 4.73 Å². The van der Waals surface area contributed by atoms with Crippen LogP contribution >= 0.6 is 0 Å². The van der Waals surface area contributed by atoms with E-state index in [1.165, 1.54) is 6.33 Å². The minimum atomic E-state index is -1.48. The molecule has 1 aromatic carbocycles. The molecule has 2 rings (SSSR count). The van der Waals surface area contributed by atoms with Crippen LogP contribution in [0.25, 0.3) is 11.0 Å². The van der Waals surface area contributed by atoms with E-state index in [1.54, 1.807) is 29.6 Å². The van der Waals surface area contributed by atoms with Crippen molar-refractivity contribution in [2.75, 3.05) is 0 Å². The first-order chi connectivity index (χ1) is 7.66. The number of para-hydroxylation sites is 2. The predicted molar refractivity (Wildman–Crippen MR) is 52.9 cm³/mol. The molecule has 2 amide bonds. The summed E-state index contributed by atoms with van der Waals surface area (Å²) >= 11 is 0. The number of rotatable bonds is 1. The number of imidazole rings is 1. The van der Waals surface area contributed by atoms with E-state index in [4.69, 9.17) is 9.94 Å². The normalized spacial score (nSPS) is 10.0. The van der Waals surface area contributed by atoms with Gasteiger partial charge in [-0.25, -0.2) is 19.9 Å². The lowest BCUT2D eigenvalue weighted by Gasteiger charge is -2.03. The van der Waals surface area contributed by atoms with Crippen LogP contribution in [0, 0.1) is 0 Å². The quantitative estimate of drug-likeness (QED) is 0.744. The molecule has 7 nitrogen and oxygen atoms in total. The molecule has 0 spiro atoms. The highest BCUT2D eigenvalue weighted by Crippen LogP contribution is 2.09. The number of carboxylic acid groups (broad SMARTS) is 1. The Labute approximate surface area is 89.2 Å². The summed E-state index contributed by atoms with van der Waals surface area (Å²) < 4.78 is 1.09. The summed E-state index contributed by atoms with van der Waals surface area (Å²) in [6, 6.07) is 6.97. The summed E-state index contributed by atoms with van der Waals surface area (Å²) in [6.07, 6.45) is -1.28. The molecule has 2 N–H and O–H groups in total. The van der Waals surface area contributed by atoms with Crippen molar-refractivity contribution in [2.45, 2.75) is 0 Å². The second-order valence-corrected chi connectivity index (χ2v) is 2.87. The molecular weight excluding hydrogens is 214 g/mol. The molecule has 0 aliphatic rings. The zero-order valence-corrected chi connectivity index (χ0v) is 7.95. The second kappa shape index (κ2) is 3.89. The first kappa shape index (κ1) is 9.97. The molecule has 82 valence electrons.